The lowest BCUT2D eigenvalue weighted by molar-refractivity contribution is -0.605. The molecule has 128 valence electrons. The maximum absolute atomic E-state index is 12.1. The van der Waals surface area contributed by atoms with Crippen LogP contribution in [0.15, 0.2) is 51.9 Å². The van der Waals surface area contributed by atoms with Gasteiger partial charge in [-0.25, -0.2) is 9.59 Å². The fourth-order valence-electron chi connectivity index (χ4n) is 2.49. The number of esters is 1. The minimum absolute atomic E-state index is 0.0440. The molecule has 0 aliphatic heterocycles. The van der Waals surface area contributed by atoms with Crippen molar-refractivity contribution in [3.8, 4) is 5.75 Å². The van der Waals surface area contributed by atoms with E-state index in [-0.39, 0.29) is 23.5 Å². The Morgan fingerprint density at radius 3 is 2.64 bits per heavy atom. The minimum Gasteiger partial charge on any atom is -0.619 e. The molecule has 2 heterocycles. The summed E-state index contributed by atoms with van der Waals surface area (Å²) in [5, 5.41) is 21.5. The highest BCUT2D eigenvalue weighted by atomic mass is 16.5. The van der Waals surface area contributed by atoms with Gasteiger partial charge in [0.15, 0.2) is 12.4 Å². The van der Waals surface area contributed by atoms with Gasteiger partial charge in [-0.3, -0.25) is 0 Å². The predicted octanol–water partition coefficient (Wildman–Crippen LogP) is 2.05. The number of hydrogen-bond donors (Lipinski definition) is 1. The molecule has 3 aromatic rings. The van der Waals surface area contributed by atoms with Gasteiger partial charge in [0.2, 0.25) is 0 Å². The monoisotopic (exact) mass is 341 g/mol. The van der Waals surface area contributed by atoms with Crippen molar-refractivity contribution in [3.63, 3.8) is 0 Å². The number of carbonyl (C=O) groups is 1. The summed E-state index contributed by atoms with van der Waals surface area (Å²) in [6, 6.07) is 7.04. The molecule has 0 bridgehead atoms. The van der Waals surface area contributed by atoms with E-state index in [0.717, 1.165) is 0 Å². The molecule has 0 aliphatic rings. The molecule has 25 heavy (non-hydrogen) atoms. The Labute approximate surface area is 142 Å². The third-order valence-electron chi connectivity index (χ3n) is 3.81. The number of benzene rings is 1. The zero-order chi connectivity index (χ0) is 18.0. The van der Waals surface area contributed by atoms with E-state index in [2.05, 4.69) is 0 Å². The van der Waals surface area contributed by atoms with Crippen molar-refractivity contribution in [2.45, 2.75) is 20.0 Å². The van der Waals surface area contributed by atoms with Gasteiger partial charge in [0.05, 0.1) is 5.56 Å². The van der Waals surface area contributed by atoms with Crippen LogP contribution in [0.4, 0.5) is 0 Å². The molecule has 7 heteroatoms. The van der Waals surface area contributed by atoms with Crippen molar-refractivity contribution < 1.29 is 23.8 Å². The van der Waals surface area contributed by atoms with E-state index in [4.69, 9.17) is 9.15 Å². The molecule has 0 saturated heterocycles. The molecular formula is C18H15NO6. The van der Waals surface area contributed by atoms with Gasteiger partial charge in [0, 0.05) is 35.2 Å². The third kappa shape index (κ3) is 3.45. The Morgan fingerprint density at radius 2 is 1.96 bits per heavy atom. The second kappa shape index (κ2) is 6.64. The molecule has 3 rings (SSSR count). The molecule has 1 N–H and O–H groups in total. The highest BCUT2D eigenvalue weighted by molar-refractivity contribution is 5.89. The minimum atomic E-state index is -0.614. The number of aryl methyl sites for hydroxylation is 1. The molecule has 7 nitrogen and oxygen atoms in total. The van der Waals surface area contributed by atoms with E-state index >= 15 is 0 Å². The SMILES string of the molecule is CCc1cc2c(COC(=O)c3cc[n+]([O-])cc3)cc(=O)oc2cc1O. The fourth-order valence-corrected chi connectivity index (χ4v) is 2.49. The Morgan fingerprint density at radius 1 is 1.24 bits per heavy atom. The van der Waals surface area contributed by atoms with Gasteiger partial charge in [-0.15, -0.1) is 0 Å². The van der Waals surface area contributed by atoms with Gasteiger partial charge in [-0.1, -0.05) is 6.92 Å². The van der Waals surface area contributed by atoms with E-state index in [1.165, 1.54) is 36.7 Å². The smallest absolute Gasteiger partial charge is 0.338 e. The van der Waals surface area contributed by atoms with Gasteiger partial charge < -0.3 is 19.5 Å². The lowest BCUT2D eigenvalue weighted by Gasteiger charge is -2.09. The molecule has 0 saturated carbocycles. The van der Waals surface area contributed by atoms with Crippen LogP contribution in [0.3, 0.4) is 0 Å². The highest BCUT2D eigenvalue weighted by Crippen LogP contribution is 2.27. The van der Waals surface area contributed by atoms with Crippen LogP contribution in [-0.2, 0) is 17.8 Å². The number of fused-ring (bicyclic) bond motifs is 1. The van der Waals surface area contributed by atoms with Gasteiger partial charge >= 0.3 is 11.6 Å². The van der Waals surface area contributed by atoms with Crippen LogP contribution in [0.2, 0.25) is 0 Å². The average Bonchev–Trinajstić information content (AvgIpc) is 2.59. The number of ether oxygens (including phenoxy) is 1. The molecule has 0 radical (unpaired) electrons. The number of pyridine rings is 1. The lowest BCUT2D eigenvalue weighted by atomic mass is 10.0. The van der Waals surface area contributed by atoms with Gasteiger partial charge in [0.1, 0.15) is 17.9 Å². The summed E-state index contributed by atoms with van der Waals surface area (Å²) in [6.45, 7) is 1.75. The first kappa shape index (κ1) is 16.5. The maximum atomic E-state index is 12.1. The number of carbonyl (C=O) groups excluding carboxylic acids is 1. The quantitative estimate of drug-likeness (QED) is 0.337. The zero-order valence-electron chi connectivity index (χ0n) is 13.4. The number of aromatic hydroxyl groups is 1. The Bertz CT molecular complexity index is 991. The van der Waals surface area contributed by atoms with E-state index in [1.54, 1.807) is 6.07 Å². The summed E-state index contributed by atoms with van der Waals surface area (Å²) in [4.78, 5) is 23.7. The van der Waals surface area contributed by atoms with E-state index in [0.29, 0.717) is 27.7 Å². The second-order valence-electron chi connectivity index (χ2n) is 5.44. The first-order valence-electron chi connectivity index (χ1n) is 7.62. The van der Waals surface area contributed by atoms with E-state index < -0.39 is 11.6 Å². The van der Waals surface area contributed by atoms with Gasteiger partial charge in [0.25, 0.3) is 0 Å². The molecule has 0 spiro atoms. The van der Waals surface area contributed by atoms with Crippen LogP contribution in [-0.4, -0.2) is 11.1 Å². The summed E-state index contributed by atoms with van der Waals surface area (Å²) in [5.41, 5.74) is 1.02. The van der Waals surface area contributed by atoms with Crippen molar-refractivity contribution in [1.82, 2.24) is 0 Å². The Hall–Kier alpha value is -3.35. The summed E-state index contributed by atoms with van der Waals surface area (Å²) >= 11 is 0. The summed E-state index contributed by atoms with van der Waals surface area (Å²) < 4.78 is 10.9. The standard InChI is InChI=1S/C18H15NO6/c1-2-11-7-14-13(8-17(21)25-16(14)9-15(11)20)10-24-18(22)12-3-5-19(23)6-4-12/h3-9,20H,2,10H2,1H3. The normalized spacial score (nSPS) is 10.8. The van der Waals surface area contributed by atoms with Crippen molar-refractivity contribution in [1.29, 1.82) is 0 Å². The lowest BCUT2D eigenvalue weighted by Crippen LogP contribution is -2.24. The van der Waals surface area contributed by atoms with Crippen molar-refractivity contribution >= 4 is 16.9 Å². The first-order valence-corrected chi connectivity index (χ1v) is 7.62. The molecule has 0 aliphatic carbocycles. The van der Waals surface area contributed by atoms with Crippen molar-refractivity contribution in [2.24, 2.45) is 0 Å². The molecular weight excluding hydrogens is 326 g/mol. The van der Waals surface area contributed by atoms with E-state index in [1.807, 2.05) is 6.92 Å². The number of aromatic nitrogens is 1. The number of hydrogen-bond acceptors (Lipinski definition) is 6. The molecule has 2 aromatic heterocycles. The van der Waals surface area contributed by atoms with Gasteiger partial charge in [-0.2, -0.15) is 4.73 Å². The van der Waals surface area contributed by atoms with Crippen molar-refractivity contribution in [2.75, 3.05) is 0 Å². The van der Waals surface area contributed by atoms with Gasteiger partial charge in [-0.05, 0) is 18.1 Å². The van der Waals surface area contributed by atoms with Crippen LogP contribution >= 0.6 is 0 Å². The van der Waals surface area contributed by atoms with Crippen LogP contribution in [0.25, 0.3) is 11.0 Å². The number of phenols is 1. The van der Waals surface area contributed by atoms with Crippen molar-refractivity contribution in [3.05, 3.63) is 75.0 Å². The average molecular weight is 341 g/mol. The molecule has 0 fully saturated rings. The highest BCUT2D eigenvalue weighted by Gasteiger charge is 2.13. The molecule has 0 atom stereocenters. The number of nitrogens with zero attached hydrogens (tertiary/aromatic N) is 1. The van der Waals surface area contributed by atoms with E-state index in [9.17, 15) is 19.9 Å². The van der Waals surface area contributed by atoms with Crippen LogP contribution in [0.5, 0.6) is 5.75 Å². The largest absolute Gasteiger partial charge is 0.619 e. The first-order chi connectivity index (χ1) is 12.0. The predicted molar refractivity (Wildman–Crippen MR) is 88.0 cm³/mol. The topological polar surface area (TPSA) is 104 Å². The van der Waals surface area contributed by atoms with Crippen LogP contribution < -0.4 is 10.4 Å². The Balaban J connectivity index is 1.91. The summed E-state index contributed by atoms with van der Waals surface area (Å²) in [7, 11) is 0. The number of rotatable bonds is 4. The van der Waals surface area contributed by atoms with Crippen LogP contribution in [0.1, 0.15) is 28.4 Å². The number of phenolic OH excluding ortho intramolecular Hbond substituents is 1. The summed E-state index contributed by atoms with van der Waals surface area (Å²) in [5.74, 6) is -0.570. The third-order valence-corrected chi connectivity index (χ3v) is 3.81. The molecule has 1 aromatic carbocycles. The zero-order valence-corrected chi connectivity index (χ0v) is 13.4. The van der Waals surface area contributed by atoms with Crippen LogP contribution in [0, 0.1) is 5.21 Å². The molecule has 0 amide bonds. The second-order valence-corrected chi connectivity index (χ2v) is 5.44. The summed E-state index contributed by atoms with van der Waals surface area (Å²) in [6.07, 6.45) is 2.98. The molecule has 0 unspecified atom stereocenters. The fraction of sp³-hybridized carbons (Fsp3) is 0.167. The Kier molecular flexibility index (Phi) is 4.38. The maximum Gasteiger partial charge on any atom is 0.338 e.